The van der Waals surface area contributed by atoms with Gasteiger partial charge in [-0.15, -0.1) is 0 Å². The number of hydrogen-bond donors (Lipinski definition) is 0. The van der Waals surface area contributed by atoms with Crippen molar-refractivity contribution in [3.05, 3.63) is 482 Å². The molecule has 0 aromatic heterocycles. The van der Waals surface area contributed by atoms with E-state index in [-0.39, 0.29) is 21.7 Å². The van der Waals surface area contributed by atoms with Crippen molar-refractivity contribution in [2.45, 2.75) is 76.0 Å². The maximum atomic E-state index is 2.49. The fourth-order valence-electron chi connectivity index (χ4n) is 19.5. The molecule has 20 rings (SSSR count). The average molecular weight is 1550 g/mol. The molecule has 18 aromatic carbocycles. The molecule has 2 aliphatic carbocycles. The van der Waals surface area contributed by atoms with Crippen molar-refractivity contribution in [3.63, 3.8) is 0 Å². The average Bonchev–Trinajstić information content (AvgIpc) is 1.56. The molecule has 0 fully saturated rings. The third-order valence-electron chi connectivity index (χ3n) is 25.3. The van der Waals surface area contributed by atoms with Crippen LogP contribution in [0.5, 0.6) is 0 Å². The summed E-state index contributed by atoms with van der Waals surface area (Å²) < 4.78 is 0. The number of para-hydroxylation sites is 2. The molecule has 4 nitrogen and oxygen atoms in total. The fourth-order valence-corrected chi connectivity index (χ4v) is 19.5. The smallest absolute Gasteiger partial charge is 0.0540 e. The molecule has 2 aliphatic rings. The normalized spacial score (nSPS) is 15.4. The van der Waals surface area contributed by atoms with E-state index in [1.54, 1.807) is 0 Å². The van der Waals surface area contributed by atoms with Crippen LogP contribution in [-0.4, -0.2) is 0 Å². The van der Waals surface area contributed by atoms with Gasteiger partial charge in [-0.3, -0.25) is 0 Å². The van der Waals surface area contributed by atoms with Crippen LogP contribution < -0.4 is 19.6 Å². The Bertz CT molecular complexity index is 6610. The van der Waals surface area contributed by atoms with Crippen molar-refractivity contribution < 1.29 is 0 Å². The third kappa shape index (κ3) is 14.6. The van der Waals surface area contributed by atoms with Crippen molar-refractivity contribution >= 4 is 89.8 Å². The molecule has 0 N–H and O–H groups in total. The molecule has 0 radical (unpaired) electrons. The second-order valence-electron chi connectivity index (χ2n) is 34.0. The minimum absolute atomic E-state index is 0.0155. The van der Waals surface area contributed by atoms with Gasteiger partial charge in [-0.05, 0) is 246 Å². The van der Waals surface area contributed by atoms with Gasteiger partial charge in [0.05, 0.1) is 11.4 Å². The zero-order valence-electron chi connectivity index (χ0n) is 68.9. The lowest BCUT2D eigenvalue weighted by atomic mass is 9.75. The van der Waals surface area contributed by atoms with Crippen LogP contribution in [0.25, 0.3) is 66.1 Å². The molecule has 0 heterocycles. The SMILES string of the molecule is CC1(C)CC(C)(c2ccc(N(c3ccc(-c4ccccc4)cc3)c3cccc4ccccc34)cc2)c2cc(N(c3ccc(-c4ccccc4)cc3)c3cccc4ccccc34)ccc21.CC1(C)CC(C)(c2ccc(N(c3ccccc3)c3ccc(-c4ccccc4)cc3)cc2)c2cc(N(c3ccccc3)c3ccc(-c4ccccc4)cc3)ccc21. The summed E-state index contributed by atoms with van der Waals surface area (Å²) in [6, 6.07) is 164. The third-order valence-corrected chi connectivity index (χ3v) is 25.3. The van der Waals surface area contributed by atoms with Gasteiger partial charge in [-0.1, -0.05) is 357 Å². The molecular weight excluding hydrogens is 1450 g/mol. The standard InChI is InChI=1S/C62H50N2.C54H46N2/c1-61(2)43-62(3,50-32-38-53(39-33-50)63(59-26-14-22-48-20-10-12-24-55(48)59)51-34-28-46(29-35-51)44-16-6-4-7-17-44)58-42-54(40-41-57(58)61)64(60-27-15-23-49-21-11-13-25-56(49)60)52-36-30-47(31-37-52)45-18-8-5-9-19-45;1-53(2)39-54(3,44-28-34-49(35-29-44)55(45-20-12-6-13-21-45)47-30-24-42(25-31-47)40-16-8-4-9-17-40)52-38-50(36-37-51(52)53)56(46-22-14-7-15-23-46)48-32-26-43(27-33-48)41-18-10-5-11-19-41/h4-42H,43H2,1-3H3;4-38H,39H2,1-3H3. The molecule has 0 amide bonds. The Morgan fingerprint density at radius 3 is 0.725 bits per heavy atom. The minimum atomic E-state index is -0.226. The Morgan fingerprint density at radius 1 is 0.175 bits per heavy atom. The summed E-state index contributed by atoms with van der Waals surface area (Å²) in [7, 11) is 0. The Morgan fingerprint density at radius 2 is 0.400 bits per heavy atom. The van der Waals surface area contributed by atoms with Crippen LogP contribution in [-0.2, 0) is 21.7 Å². The van der Waals surface area contributed by atoms with Gasteiger partial charge in [0, 0.05) is 78.5 Å². The van der Waals surface area contributed by atoms with Gasteiger partial charge in [0.25, 0.3) is 0 Å². The Kier molecular flexibility index (Phi) is 20.2. The van der Waals surface area contributed by atoms with Gasteiger partial charge in [-0.2, -0.15) is 0 Å². The summed E-state index contributed by atoms with van der Waals surface area (Å²) in [5.74, 6) is 0. The topological polar surface area (TPSA) is 13.0 Å². The van der Waals surface area contributed by atoms with E-state index in [1.165, 1.54) is 105 Å². The summed E-state index contributed by atoms with van der Waals surface area (Å²) in [5, 5.41) is 4.89. The molecule has 0 spiro atoms. The van der Waals surface area contributed by atoms with Gasteiger partial charge in [-0.25, -0.2) is 0 Å². The molecule has 18 aromatic rings. The highest BCUT2D eigenvalue weighted by Crippen LogP contribution is 2.57. The fraction of sp³-hybridized carbons (Fsp3) is 0.103. The van der Waals surface area contributed by atoms with E-state index in [9.17, 15) is 0 Å². The maximum Gasteiger partial charge on any atom is 0.0540 e. The molecule has 0 saturated carbocycles. The number of nitrogens with zero attached hydrogens (tertiary/aromatic N) is 4. The molecule has 0 saturated heterocycles. The number of fused-ring (bicyclic) bond motifs is 4. The zero-order valence-corrected chi connectivity index (χ0v) is 68.9. The van der Waals surface area contributed by atoms with Crippen molar-refractivity contribution in [1.82, 2.24) is 0 Å². The van der Waals surface area contributed by atoms with E-state index in [0.717, 1.165) is 75.4 Å². The van der Waals surface area contributed by atoms with Crippen LogP contribution in [0.4, 0.5) is 68.2 Å². The molecule has 2 atom stereocenters. The van der Waals surface area contributed by atoms with Crippen LogP contribution in [0.2, 0.25) is 0 Å². The second-order valence-corrected chi connectivity index (χ2v) is 34.0. The highest BCUT2D eigenvalue weighted by molar-refractivity contribution is 6.01. The summed E-state index contributed by atoms with van der Waals surface area (Å²) in [6.07, 6.45) is 2.03. The molecule has 0 bridgehead atoms. The Balaban J connectivity index is 0.000000160. The van der Waals surface area contributed by atoms with Crippen LogP contribution in [0.15, 0.2) is 449 Å². The monoisotopic (exact) mass is 1540 g/mol. The van der Waals surface area contributed by atoms with E-state index in [1.807, 2.05) is 0 Å². The Hall–Kier alpha value is -14.3. The zero-order chi connectivity index (χ0) is 81.4. The van der Waals surface area contributed by atoms with E-state index >= 15 is 0 Å². The lowest BCUT2D eigenvalue weighted by molar-refractivity contribution is 0.425. The van der Waals surface area contributed by atoms with Gasteiger partial charge in [0.15, 0.2) is 0 Å². The largest absolute Gasteiger partial charge is 0.311 e. The van der Waals surface area contributed by atoms with Crippen molar-refractivity contribution in [2.24, 2.45) is 0 Å². The van der Waals surface area contributed by atoms with E-state index in [2.05, 4.69) is 510 Å². The second kappa shape index (κ2) is 31.9. The number of benzene rings is 18. The highest BCUT2D eigenvalue weighted by Gasteiger charge is 2.48. The van der Waals surface area contributed by atoms with E-state index in [0.29, 0.717) is 0 Å². The summed E-state index contributed by atoms with van der Waals surface area (Å²) in [5.41, 5.74) is 31.3. The van der Waals surface area contributed by atoms with Crippen LogP contribution in [0.3, 0.4) is 0 Å². The van der Waals surface area contributed by atoms with Gasteiger partial charge >= 0.3 is 0 Å². The maximum absolute atomic E-state index is 2.49. The molecule has 2 unspecified atom stereocenters. The molecular formula is C116H96N4. The lowest BCUT2D eigenvalue weighted by Crippen LogP contribution is -2.23. The molecule has 4 heteroatoms. The molecule has 0 aliphatic heterocycles. The molecule has 580 valence electrons. The quantitative estimate of drug-likeness (QED) is 0.0849. The molecule has 120 heavy (non-hydrogen) atoms. The van der Waals surface area contributed by atoms with Gasteiger partial charge < -0.3 is 19.6 Å². The number of rotatable bonds is 18. The predicted molar refractivity (Wildman–Crippen MR) is 509 cm³/mol. The van der Waals surface area contributed by atoms with Gasteiger partial charge in [0.1, 0.15) is 0 Å². The Labute approximate surface area is 707 Å². The van der Waals surface area contributed by atoms with Crippen LogP contribution >= 0.6 is 0 Å². The van der Waals surface area contributed by atoms with E-state index < -0.39 is 0 Å². The van der Waals surface area contributed by atoms with Crippen LogP contribution in [0.1, 0.15) is 87.8 Å². The first-order valence-electron chi connectivity index (χ1n) is 42.1. The first-order valence-corrected chi connectivity index (χ1v) is 42.1. The van der Waals surface area contributed by atoms with Crippen molar-refractivity contribution in [1.29, 1.82) is 0 Å². The van der Waals surface area contributed by atoms with E-state index in [4.69, 9.17) is 0 Å². The van der Waals surface area contributed by atoms with Crippen molar-refractivity contribution in [3.8, 4) is 44.5 Å². The van der Waals surface area contributed by atoms with Crippen LogP contribution in [0, 0.1) is 0 Å². The summed E-state index contributed by atoms with van der Waals surface area (Å²) >= 11 is 0. The number of anilines is 12. The van der Waals surface area contributed by atoms with Gasteiger partial charge in [0.2, 0.25) is 0 Å². The predicted octanol–water partition coefficient (Wildman–Crippen LogP) is 32.2. The number of hydrogen-bond acceptors (Lipinski definition) is 4. The first kappa shape index (κ1) is 75.7. The lowest BCUT2D eigenvalue weighted by Gasteiger charge is -2.32. The highest BCUT2D eigenvalue weighted by atomic mass is 15.2. The minimum Gasteiger partial charge on any atom is -0.311 e. The summed E-state index contributed by atoms with van der Waals surface area (Å²) in [6.45, 7) is 14.5. The summed E-state index contributed by atoms with van der Waals surface area (Å²) in [4.78, 5) is 9.62. The van der Waals surface area contributed by atoms with Crippen molar-refractivity contribution in [2.75, 3.05) is 19.6 Å². The first-order chi connectivity index (χ1) is 58.7.